The van der Waals surface area contributed by atoms with Crippen molar-refractivity contribution in [2.24, 2.45) is 0 Å². The highest BCUT2D eigenvalue weighted by molar-refractivity contribution is 6.04. The van der Waals surface area contributed by atoms with Crippen molar-refractivity contribution in [3.8, 4) is 0 Å². The first-order valence-corrected chi connectivity index (χ1v) is 7.31. The van der Waals surface area contributed by atoms with Crippen LogP contribution < -0.4 is 10.6 Å². The molecule has 0 bridgehead atoms. The zero-order valence-corrected chi connectivity index (χ0v) is 13.5. The Morgan fingerprint density at radius 2 is 1.79 bits per heavy atom. The van der Waals surface area contributed by atoms with Gasteiger partial charge < -0.3 is 20.1 Å². The van der Waals surface area contributed by atoms with Gasteiger partial charge >= 0.3 is 5.97 Å². The van der Waals surface area contributed by atoms with Crippen LogP contribution in [0.25, 0.3) is 0 Å². The zero-order chi connectivity index (χ0) is 17.4. The number of carbonyl (C=O) groups excluding carboxylic acids is 2. The predicted molar refractivity (Wildman–Crippen MR) is 90.3 cm³/mol. The first-order valence-electron chi connectivity index (χ1n) is 7.31. The Labute approximate surface area is 140 Å². The van der Waals surface area contributed by atoms with Crippen molar-refractivity contribution in [3.05, 3.63) is 53.9 Å². The largest absolute Gasteiger partial charge is 0.465 e. The number of nitrogens with one attached hydrogen (secondary N) is 2. The second-order valence-corrected chi connectivity index (χ2v) is 4.90. The van der Waals surface area contributed by atoms with Crippen molar-refractivity contribution < 1.29 is 19.1 Å². The molecule has 0 radical (unpaired) electrons. The molecule has 0 unspecified atom stereocenters. The molecule has 0 atom stereocenters. The number of ether oxygens (including phenoxy) is 2. The van der Waals surface area contributed by atoms with Gasteiger partial charge in [-0.3, -0.25) is 9.78 Å². The fourth-order valence-corrected chi connectivity index (χ4v) is 1.97. The van der Waals surface area contributed by atoms with Gasteiger partial charge in [-0.1, -0.05) is 0 Å². The Kier molecular flexibility index (Phi) is 6.27. The monoisotopic (exact) mass is 329 g/mol. The van der Waals surface area contributed by atoms with Crippen molar-refractivity contribution in [1.82, 2.24) is 4.98 Å². The summed E-state index contributed by atoms with van der Waals surface area (Å²) in [5.74, 6) is -0.712. The molecule has 126 valence electrons. The van der Waals surface area contributed by atoms with Crippen LogP contribution in [0.3, 0.4) is 0 Å². The third kappa shape index (κ3) is 4.79. The van der Waals surface area contributed by atoms with Gasteiger partial charge in [0.05, 0.1) is 30.5 Å². The maximum Gasteiger partial charge on any atom is 0.337 e. The number of carbonyl (C=O) groups is 2. The highest BCUT2D eigenvalue weighted by Crippen LogP contribution is 2.14. The highest BCUT2D eigenvalue weighted by Gasteiger charge is 2.09. The molecular weight excluding hydrogens is 310 g/mol. The van der Waals surface area contributed by atoms with Gasteiger partial charge in [-0.05, 0) is 30.3 Å². The lowest BCUT2D eigenvalue weighted by Gasteiger charge is -2.08. The van der Waals surface area contributed by atoms with E-state index in [-0.39, 0.29) is 5.91 Å². The van der Waals surface area contributed by atoms with Gasteiger partial charge in [-0.15, -0.1) is 0 Å². The van der Waals surface area contributed by atoms with Crippen LogP contribution in [-0.2, 0) is 9.47 Å². The number of esters is 1. The van der Waals surface area contributed by atoms with Gasteiger partial charge in [0.1, 0.15) is 0 Å². The lowest BCUT2D eigenvalue weighted by molar-refractivity contribution is 0.0600. The number of pyridine rings is 1. The molecule has 0 spiro atoms. The number of hydrogen-bond donors (Lipinski definition) is 2. The van der Waals surface area contributed by atoms with Crippen molar-refractivity contribution in [3.63, 3.8) is 0 Å². The molecule has 1 heterocycles. The number of anilines is 2. The van der Waals surface area contributed by atoms with Crippen LogP contribution in [0.4, 0.5) is 11.4 Å². The zero-order valence-electron chi connectivity index (χ0n) is 13.5. The third-order valence-electron chi connectivity index (χ3n) is 3.20. The Bertz CT molecular complexity index is 701. The molecule has 0 saturated heterocycles. The summed E-state index contributed by atoms with van der Waals surface area (Å²) < 4.78 is 9.59. The number of methoxy groups -OCH3 is 2. The van der Waals surface area contributed by atoms with Gasteiger partial charge in [0.2, 0.25) is 0 Å². The number of amides is 1. The topological polar surface area (TPSA) is 89.5 Å². The number of benzene rings is 1. The molecule has 0 saturated carbocycles. The van der Waals surface area contributed by atoms with Crippen LogP contribution in [0.1, 0.15) is 20.7 Å². The van der Waals surface area contributed by atoms with E-state index >= 15 is 0 Å². The van der Waals surface area contributed by atoms with Gasteiger partial charge in [-0.2, -0.15) is 0 Å². The Morgan fingerprint density at radius 1 is 1.04 bits per heavy atom. The van der Waals surface area contributed by atoms with E-state index in [9.17, 15) is 9.59 Å². The minimum atomic E-state index is -0.424. The van der Waals surface area contributed by atoms with Crippen molar-refractivity contribution in [2.45, 2.75) is 0 Å². The van der Waals surface area contributed by atoms with Crippen LogP contribution in [0.2, 0.25) is 0 Å². The minimum Gasteiger partial charge on any atom is -0.465 e. The standard InChI is InChI=1S/C17H19N3O4/c1-23-8-7-19-15-9-13(10-18-11-15)16(21)20-14-5-3-12(4-6-14)17(22)24-2/h3-6,9-11,19H,7-8H2,1-2H3,(H,20,21). The van der Waals surface area contributed by atoms with Gasteiger partial charge in [0.15, 0.2) is 0 Å². The molecule has 24 heavy (non-hydrogen) atoms. The molecule has 0 fully saturated rings. The molecule has 1 aromatic heterocycles. The van der Waals surface area contributed by atoms with Crippen molar-refractivity contribution >= 4 is 23.3 Å². The molecule has 0 aliphatic rings. The van der Waals surface area contributed by atoms with Gasteiger partial charge in [-0.25, -0.2) is 4.79 Å². The third-order valence-corrected chi connectivity index (χ3v) is 3.20. The maximum atomic E-state index is 12.3. The van der Waals surface area contributed by atoms with Crippen LogP contribution in [0, 0.1) is 0 Å². The summed E-state index contributed by atoms with van der Waals surface area (Å²) in [6.45, 7) is 1.18. The van der Waals surface area contributed by atoms with E-state index in [1.807, 2.05) is 0 Å². The van der Waals surface area contributed by atoms with E-state index < -0.39 is 5.97 Å². The second-order valence-electron chi connectivity index (χ2n) is 4.90. The quantitative estimate of drug-likeness (QED) is 0.598. The highest BCUT2D eigenvalue weighted by atomic mass is 16.5. The molecule has 2 aromatic rings. The summed E-state index contributed by atoms with van der Waals surface area (Å²) >= 11 is 0. The van der Waals surface area contributed by atoms with E-state index in [1.165, 1.54) is 13.3 Å². The van der Waals surface area contributed by atoms with E-state index in [4.69, 9.17) is 4.74 Å². The molecular formula is C17H19N3O4. The Hall–Kier alpha value is -2.93. The molecule has 0 aliphatic heterocycles. The predicted octanol–water partition coefficient (Wildman–Crippen LogP) is 2.18. The lowest BCUT2D eigenvalue weighted by Crippen LogP contribution is -2.14. The minimum absolute atomic E-state index is 0.288. The van der Waals surface area contributed by atoms with Crippen LogP contribution in [-0.4, -0.2) is 44.2 Å². The number of nitrogens with zero attached hydrogens (tertiary/aromatic N) is 1. The first-order chi connectivity index (χ1) is 11.6. The first kappa shape index (κ1) is 17.4. The summed E-state index contributed by atoms with van der Waals surface area (Å²) in [6, 6.07) is 8.15. The Morgan fingerprint density at radius 3 is 2.46 bits per heavy atom. The number of aromatic nitrogens is 1. The van der Waals surface area contributed by atoms with E-state index in [2.05, 4.69) is 20.4 Å². The molecule has 1 amide bonds. The molecule has 7 heteroatoms. The SMILES string of the molecule is COCCNc1cncc(C(=O)Nc2ccc(C(=O)OC)cc2)c1. The summed E-state index contributed by atoms with van der Waals surface area (Å²) in [5.41, 5.74) is 2.15. The smallest absolute Gasteiger partial charge is 0.337 e. The number of hydrogen-bond acceptors (Lipinski definition) is 6. The van der Waals surface area contributed by atoms with E-state index in [1.54, 1.807) is 43.6 Å². The lowest BCUT2D eigenvalue weighted by atomic mass is 10.2. The second kappa shape index (κ2) is 8.64. The van der Waals surface area contributed by atoms with Gasteiger partial charge in [0, 0.05) is 31.7 Å². The average Bonchev–Trinajstić information content (AvgIpc) is 2.62. The summed E-state index contributed by atoms with van der Waals surface area (Å²) in [6.07, 6.45) is 3.12. The molecule has 7 nitrogen and oxygen atoms in total. The summed E-state index contributed by atoms with van der Waals surface area (Å²) in [7, 11) is 2.94. The molecule has 2 N–H and O–H groups in total. The average molecular weight is 329 g/mol. The molecule has 1 aromatic carbocycles. The summed E-state index contributed by atoms with van der Waals surface area (Å²) in [5, 5.41) is 5.87. The van der Waals surface area contributed by atoms with E-state index in [0.29, 0.717) is 30.0 Å². The van der Waals surface area contributed by atoms with Crippen LogP contribution in [0.5, 0.6) is 0 Å². The fourth-order valence-electron chi connectivity index (χ4n) is 1.97. The van der Waals surface area contributed by atoms with E-state index in [0.717, 1.165) is 5.69 Å². The molecule has 0 aliphatic carbocycles. The van der Waals surface area contributed by atoms with Crippen LogP contribution >= 0.6 is 0 Å². The number of rotatable bonds is 7. The van der Waals surface area contributed by atoms with Crippen LogP contribution in [0.15, 0.2) is 42.7 Å². The van der Waals surface area contributed by atoms with Crippen molar-refractivity contribution in [2.75, 3.05) is 38.0 Å². The normalized spacial score (nSPS) is 10.1. The summed E-state index contributed by atoms with van der Waals surface area (Å²) in [4.78, 5) is 27.7. The maximum absolute atomic E-state index is 12.3. The van der Waals surface area contributed by atoms with Crippen molar-refractivity contribution in [1.29, 1.82) is 0 Å². The Balaban J connectivity index is 2.01. The molecule has 2 rings (SSSR count). The fraction of sp³-hybridized carbons (Fsp3) is 0.235. The van der Waals surface area contributed by atoms with Gasteiger partial charge in [0.25, 0.3) is 5.91 Å².